The maximum Gasteiger partial charge on any atom is 0.223 e. The van der Waals surface area contributed by atoms with Crippen LogP contribution in [-0.4, -0.2) is 30.2 Å². The molecule has 1 aromatic rings. The van der Waals surface area contributed by atoms with E-state index in [9.17, 15) is 9.18 Å². The zero-order chi connectivity index (χ0) is 15.2. The Balaban J connectivity index is 1.95. The number of amides is 1. The lowest BCUT2D eigenvalue weighted by molar-refractivity contribution is -0.128. The standard InChI is InChI=1S/C14H18FN3O3/c15-12-7-10(13(16)18-20)1-2-11(12)8-17-14(19)9-3-5-21-6-4-9/h1-2,7,9,20H,3-6,8H2,(H2,16,18)(H,17,19). The van der Waals surface area contributed by atoms with E-state index in [1.807, 2.05) is 0 Å². The van der Waals surface area contributed by atoms with Crippen molar-refractivity contribution in [3.05, 3.63) is 35.1 Å². The second kappa shape index (κ2) is 7.03. The second-order valence-corrected chi connectivity index (χ2v) is 4.90. The highest BCUT2D eigenvalue weighted by molar-refractivity contribution is 5.97. The Hall–Kier alpha value is -2.15. The summed E-state index contributed by atoms with van der Waals surface area (Å²) in [7, 11) is 0. The number of oxime groups is 1. The van der Waals surface area contributed by atoms with Crippen LogP contribution in [0.25, 0.3) is 0 Å². The van der Waals surface area contributed by atoms with E-state index in [0.29, 0.717) is 31.6 Å². The average Bonchev–Trinajstić information content (AvgIpc) is 2.53. The van der Waals surface area contributed by atoms with Crippen LogP contribution in [-0.2, 0) is 16.1 Å². The van der Waals surface area contributed by atoms with Crippen molar-refractivity contribution in [2.45, 2.75) is 19.4 Å². The molecule has 6 nitrogen and oxygen atoms in total. The van der Waals surface area contributed by atoms with E-state index in [1.54, 1.807) is 0 Å². The third-order valence-corrected chi connectivity index (χ3v) is 3.50. The van der Waals surface area contributed by atoms with Gasteiger partial charge in [-0.15, -0.1) is 0 Å². The molecule has 4 N–H and O–H groups in total. The van der Waals surface area contributed by atoms with Gasteiger partial charge in [-0.1, -0.05) is 17.3 Å². The molecular weight excluding hydrogens is 277 g/mol. The Labute approximate surface area is 121 Å². The lowest BCUT2D eigenvalue weighted by Crippen LogP contribution is -2.34. The van der Waals surface area contributed by atoms with E-state index < -0.39 is 5.82 Å². The lowest BCUT2D eigenvalue weighted by atomic mass is 9.99. The first-order valence-corrected chi connectivity index (χ1v) is 6.73. The summed E-state index contributed by atoms with van der Waals surface area (Å²) in [5, 5.41) is 14.1. The van der Waals surface area contributed by atoms with E-state index in [2.05, 4.69) is 10.5 Å². The monoisotopic (exact) mass is 295 g/mol. The third-order valence-electron chi connectivity index (χ3n) is 3.50. The molecule has 0 radical (unpaired) electrons. The summed E-state index contributed by atoms with van der Waals surface area (Å²) < 4.78 is 19.1. The van der Waals surface area contributed by atoms with Gasteiger partial charge in [0, 0.05) is 36.8 Å². The molecule has 1 aromatic carbocycles. The minimum Gasteiger partial charge on any atom is -0.409 e. The van der Waals surface area contributed by atoms with Crippen LogP contribution in [0.1, 0.15) is 24.0 Å². The van der Waals surface area contributed by atoms with Crippen LogP contribution < -0.4 is 11.1 Å². The highest BCUT2D eigenvalue weighted by Crippen LogP contribution is 2.15. The van der Waals surface area contributed by atoms with Gasteiger partial charge in [-0.05, 0) is 18.9 Å². The molecule has 1 heterocycles. The largest absolute Gasteiger partial charge is 0.409 e. The number of hydrogen-bond acceptors (Lipinski definition) is 4. The molecule has 1 fully saturated rings. The molecule has 0 unspecified atom stereocenters. The lowest BCUT2D eigenvalue weighted by Gasteiger charge is -2.21. The summed E-state index contributed by atoms with van der Waals surface area (Å²) in [4.78, 5) is 11.9. The van der Waals surface area contributed by atoms with Crippen LogP contribution in [0.3, 0.4) is 0 Å². The van der Waals surface area contributed by atoms with Gasteiger partial charge < -0.3 is 21.0 Å². The van der Waals surface area contributed by atoms with Crippen LogP contribution in [0.2, 0.25) is 0 Å². The van der Waals surface area contributed by atoms with Gasteiger partial charge in [-0.25, -0.2) is 4.39 Å². The Kier molecular flexibility index (Phi) is 5.10. The summed E-state index contributed by atoms with van der Waals surface area (Å²) in [5.74, 6) is -0.825. The minimum atomic E-state index is -0.508. The van der Waals surface area contributed by atoms with Crippen molar-refractivity contribution in [1.29, 1.82) is 0 Å². The van der Waals surface area contributed by atoms with Crippen molar-refractivity contribution in [2.24, 2.45) is 16.8 Å². The van der Waals surface area contributed by atoms with Gasteiger partial charge in [0.25, 0.3) is 0 Å². The van der Waals surface area contributed by atoms with Crippen LogP contribution in [0.5, 0.6) is 0 Å². The molecule has 114 valence electrons. The number of hydrogen-bond donors (Lipinski definition) is 3. The first-order chi connectivity index (χ1) is 10.1. The summed E-state index contributed by atoms with van der Waals surface area (Å²) in [6, 6.07) is 4.21. The van der Waals surface area contributed by atoms with Gasteiger partial charge in [0.2, 0.25) is 5.91 Å². The summed E-state index contributed by atoms with van der Waals surface area (Å²) in [6.45, 7) is 1.28. The van der Waals surface area contributed by atoms with Gasteiger partial charge in [0.05, 0.1) is 0 Å². The van der Waals surface area contributed by atoms with E-state index in [-0.39, 0.29) is 29.8 Å². The highest BCUT2D eigenvalue weighted by Gasteiger charge is 2.21. The first kappa shape index (κ1) is 15.2. The van der Waals surface area contributed by atoms with Gasteiger partial charge in [0.15, 0.2) is 5.84 Å². The number of nitrogens with zero attached hydrogens (tertiary/aromatic N) is 1. The summed E-state index contributed by atoms with van der Waals surface area (Å²) >= 11 is 0. The van der Waals surface area contributed by atoms with E-state index in [0.717, 1.165) is 0 Å². The van der Waals surface area contributed by atoms with E-state index in [1.165, 1.54) is 18.2 Å². The highest BCUT2D eigenvalue weighted by atomic mass is 19.1. The number of nitrogens with two attached hydrogens (primary N) is 1. The van der Waals surface area contributed by atoms with Crippen molar-refractivity contribution in [1.82, 2.24) is 5.32 Å². The number of amidine groups is 1. The quantitative estimate of drug-likeness (QED) is 0.333. The molecule has 7 heteroatoms. The van der Waals surface area contributed by atoms with Crippen molar-refractivity contribution in [2.75, 3.05) is 13.2 Å². The average molecular weight is 295 g/mol. The molecule has 1 aliphatic rings. The third kappa shape index (κ3) is 3.91. The minimum absolute atomic E-state index is 0.0711. The van der Waals surface area contributed by atoms with Gasteiger partial charge >= 0.3 is 0 Å². The SMILES string of the molecule is NC(=NO)c1ccc(CNC(=O)C2CCOCC2)c(F)c1. The van der Waals surface area contributed by atoms with E-state index in [4.69, 9.17) is 15.7 Å². The Bertz CT molecular complexity index is 542. The first-order valence-electron chi connectivity index (χ1n) is 6.73. The maximum atomic E-state index is 13.9. The summed E-state index contributed by atoms with van der Waals surface area (Å²) in [6.07, 6.45) is 1.38. The zero-order valence-electron chi connectivity index (χ0n) is 11.5. The number of nitrogens with one attached hydrogen (secondary N) is 1. The number of benzene rings is 1. The van der Waals surface area contributed by atoms with Crippen molar-refractivity contribution >= 4 is 11.7 Å². The molecule has 21 heavy (non-hydrogen) atoms. The molecule has 1 amide bonds. The fourth-order valence-electron chi connectivity index (χ4n) is 2.19. The van der Waals surface area contributed by atoms with Crippen LogP contribution in [0.15, 0.2) is 23.4 Å². The van der Waals surface area contributed by atoms with Crippen molar-refractivity contribution in [3.8, 4) is 0 Å². The molecule has 1 saturated heterocycles. The maximum absolute atomic E-state index is 13.9. The topological polar surface area (TPSA) is 96.9 Å². The predicted molar refractivity (Wildman–Crippen MR) is 74.3 cm³/mol. The molecule has 1 aliphatic heterocycles. The smallest absolute Gasteiger partial charge is 0.223 e. The zero-order valence-corrected chi connectivity index (χ0v) is 11.5. The van der Waals surface area contributed by atoms with Crippen LogP contribution in [0.4, 0.5) is 4.39 Å². The number of carbonyl (C=O) groups is 1. The molecule has 0 atom stereocenters. The molecular formula is C14H18FN3O3. The Morgan fingerprint density at radius 2 is 2.19 bits per heavy atom. The van der Waals surface area contributed by atoms with Crippen molar-refractivity contribution in [3.63, 3.8) is 0 Å². The van der Waals surface area contributed by atoms with Gasteiger partial charge in [-0.3, -0.25) is 4.79 Å². The molecule has 0 aliphatic carbocycles. The Morgan fingerprint density at radius 3 is 2.81 bits per heavy atom. The number of rotatable bonds is 4. The van der Waals surface area contributed by atoms with Gasteiger partial charge in [0.1, 0.15) is 5.82 Å². The molecule has 2 rings (SSSR count). The van der Waals surface area contributed by atoms with Gasteiger partial charge in [-0.2, -0.15) is 0 Å². The second-order valence-electron chi connectivity index (χ2n) is 4.90. The number of carbonyl (C=O) groups excluding carboxylic acids is 1. The molecule has 0 spiro atoms. The summed E-state index contributed by atoms with van der Waals surface area (Å²) in [5.41, 5.74) is 6.02. The van der Waals surface area contributed by atoms with Crippen LogP contribution in [0, 0.1) is 11.7 Å². The van der Waals surface area contributed by atoms with Crippen LogP contribution >= 0.6 is 0 Å². The van der Waals surface area contributed by atoms with E-state index >= 15 is 0 Å². The molecule has 0 aromatic heterocycles. The van der Waals surface area contributed by atoms with Crippen molar-refractivity contribution < 1.29 is 19.1 Å². The number of ether oxygens (including phenoxy) is 1. The molecule has 0 bridgehead atoms. The fraction of sp³-hybridized carbons (Fsp3) is 0.429. The number of halogens is 1. The predicted octanol–water partition coefficient (Wildman–Crippen LogP) is 0.963. The fourth-order valence-corrected chi connectivity index (χ4v) is 2.19. The Morgan fingerprint density at radius 1 is 1.48 bits per heavy atom. The normalized spacial score (nSPS) is 16.7. The molecule has 0 saturated carbocycles.